The SMILES string of the molecule is CCCc1cc(Oc2ccccc2)ccc1OCCCSc1ccc(C2(F)SC(=O)NC2=O)cc1Cl. The Morgan fingerprint density at radius 3 is 2.56 bits per heavy atom. The molecule has 0 saturated carbocycles. The number of hydrogen-bond donors (Lipinski definition) is 1. The number of ether oxygens (including phenoxy) is 2. The van der Waals surface area contributed by atoms with Crippen molar-refractivity contribution in [2.75, 3.05) is 12.4 Å². The van der Waals surface area contributed by atoms with Crippen LogP contribution in [0.1, 0.15) is 30.9 Å². The molecule has 1 aliphatic heterocycles. The summed E-state index contributed by atoms with van der Waals surface area (Å²) >= 11 is 8.17. The highest BCUT2D eigenvalue weighted by molar-refractivity contribution is 8.15. The zero-order valence-corrected chi connectivity index (χ0v) is 22.0. The minimum Gasteiger partial charge on any atom is -0.493 e. The number of alkyl halides is 1. The molecule has 1 unspecified atom stereocenters. The predicted molar refractivity (Wildman–Crippen MR) is 143 cm³/mol. The largest absolute Gasteiger partial charge is 0.493 e. The molecule has 5 nitrogen and oxygen atoms in total. The van der Waals surface area contributed by atoms with Gasteiger partial charge in [-0.1, -0.05) is 49.2 Å². The van der Waals surface area contributed by atoms with Crippen molar-refractivity contribution < 1.29 is 23.5 Å². The van der Waals surface area contributed by atoms with Crippen molar-refractivity contribution >= 4 is 46.3 Å². The lowest BCUT2D eigenvalue weighted by Gasteiger charge is -2.16. The second kappa shape index (κ2) is 12.0. The van der Waals surface area contributed by atoms with Crippen molar-refractivity contribution in [1.29, 1.82) is 0 Å². The highest BCUT2D eigenvalue weighted by Crippen LogP contribution is 2.44. The number of hydrogen-bond acceptors (Lipinski definition) is 6. The van der Waals surface area contributed by atoms with Crippen LogP contribution in [-0.2, 0) is 16.2 Å². The van der Waals surface area contributed by atoms with E-state index in [9.17, 15) is 14.0 Å². The van der Waals surface area contributed by atoms with Gasteiger partial charge in [-0.05, 0) is 72.6 Å². The fourth-order valence-electron chi connectivity index (χ4n) is 3.65. The molecule has 0 aromatic heterocycles. The molecule has 1 fully saturated rings. The molecule has 4 rings (SSSR count). The van der Waals surface area contributed by atoms with Crippen LogP contribution in [0.2, 0.25) is 5.02 Å². The summed E-state index contributed by atoms with van der Waals surface area (Å²) < 4.78 is 27.0. The number of halogens is 2. The fraction of sp³-hybridized carbons (Fsp3) is 0.259. The van der Waals surface area contributed by atoms with Crippen LogP contribution < -0.4 is 14.8 Å². The summed E-state index contributed by atoms with van der Waals surface area (Å²) in [6.07, 6.45) is 2.65. The van der Waals surface area contributed by atoms with Gasteiger partial charge >= 0.3 is 0 Å². The zero-order valence-electron chi connectivity index (χ0n) is 19.6. The Labute approximate surface area is 223 Å². The lowest BCUT2D eigenvalue weighted by Crippen LogP contribution is -2.30. The van der Waals surface area contributed by atoms with E-state index in [-0.39, 0.29) is 5.56 Å². The molecule has 1 atom stereocenters. The van der Waals surface area contributed by atoms with E-state index in [1.165, 1.54) is 23.9 Å². The second-order valence-electron chi connectivity index (χ2n) is 8.07. The molecule has 2 amide bonds. The van der Waals surface area contributed by atoms with Gasteiger partial charge in [0.25, 0.3) is 16.1 Å². The Morgan fingerprint density at radius 2 is 1.86 bits per heavy atom. The molecule has 3 aromatic rings. The smallest absolute Gasteiger partial charge is 0.289 e. The Kier molecular flexibility index (Phi) is 8.82. The number of imide groups is 1. The van der Waals surface area contributed by atoms with Crippen molar-refractivity contribution in [2.45, 2.75) is 36.1 Å². The first-order valence-electron chi connectivity index (χ1n) is 11.5. The average molecular weight is 546 g/mol. The Hall–Kier alpha value is -2.68. The summed E-state index contributed by atoms with van der Waals surface area (Å²) in [6, 6.07) is 20.1. The molecular formula is C27H25ClFNO4S2. The first-order valence-corrected chi connectivity index (χ1v) is 13.7. The minimum atomic E-state index is -2.45. The van der Waals surface area contributed by atoms with E-state index in [1.54, 1.807) is 6.07 Å². The van der Waals surface area contributed by atoms with Crippen molar-refractivity contribution in [2.24, 2.45) is 0 Å². The molecule has 1 aliphatic rings. The lowest BCUT2D eigenvalue weighted by molar-refractivity contribution is -0.126. The van der Waals surface area contributed by atoms with Crippen LogP contribution in [0.15, 0.2) is 71.6 Å². The van der Waals surface area contributed by atoms with Gasteiger partial charge in [0, 0.05) is 16.2 Å². The van der Waals surface area contributed by atoms with Gasteiger partial charge < -0.3 is 9.47 Å². The Balaban J connectivity index is 1.29. The number of benzene rings is 3. The molecule has 9 heteroatoms. The molecular weight excluding hydrogens is 521 g/mol. The Bertz CT molecular complexity index is 1240. The normalized spacial score (nSPS) is 17.2. The third-order valence-corrected chi connectivity index (χ3v) is 7.95. The molecule has 36 heavy (non-hydrogen) atoms. The number of carbonyl (C=O) groups excluding carboxylic acids is 2. The highest BCUT2D eigenvalue weighted by Gasteiger charge is 2.50. The van der Waals surface area contributed by atoms with E-state index in [1.807, 2.05) is 53.8 Å². The van der Waals surface area contributed by atoms with Crippen LogP contribution in [-0.4, -0.2) is 23.5 Å². The number of para-hydroxylation sites is 1. The molecule has 188 valence electrons. The van der Waals surface area contributed by atoms with Crippen molar-refractivity contribution in [3.8, 4) is 17.2 Å². The van der Waals surface area contributed by atoms with Gasteiger partial charge in [0.2, 0.25) is 0 Å². The number of amides is 2. The first kappa shape index (κ1) is 26.4. The van der Waals surface area contributed by atoms with Crippen LogP contribution in [0.3, 0.4) is 0 Å². The minimum absolute atomic E-state index is 0.0525. The fourth-order valence-corrected chi connectivity index (χ4v) is 5.63. The first-order chi connectivity index (χ1) is 17.4. The number of nitrogens with one attached hydrogen (secondary N) is 1. The molecule has 0 aliphatic carbocycles. The summed E-state index contributed by atoms with van der Waals surface area (Å²) in [5, 5.41) is -0.856. The number of rotatable bonds is 11. The molecule has 1 saturated heterocycles. The average Bonchev–Trinajstić information content (AvgIpc) is 3.13. The van der Waals surface area contributed by atoms with E-state index in [2.05, 4.69) is 6.92 Å². The summed E-state index contributed by atoms with van der Waals surface area (Å²) in [6.45, 7) is 2.66. The van der Waals surface area contributed by atoms with Crippen LogP contribution in [0.5, 0.6) is 17.2 Å². The Morgan fingerprint density at radius 1 is 1.06 bits per heavy atom. The van der Waals surface area contributed by atoms with Crippen LogP contribution in [0.4, 0.5) is 9.18 Å². The van der Waals surface area contributed by atoms with Crippen LogP contribution in [0.25, 0.3) is 0 Å². The van der Waals surface area contributed by atoms with E-state index in [4.69, 9.17) is 21.1 Å². The van der Waals surface area contributed by atoms with Gasteiger partial charge in [0.05, 0.1) is 11.6 Å². The maximum atomic E-state index is 15.0. The van der Waals surface area contributed by atoms with Gasteiger partial charge in [-0.2, -0.15) is 0 Å². The second-order valence-corrected chi connectivity index (χ2v) is 10.8. The molecule has 1 N–H and O–H groups in total. The van der Waals surface area contributed by atoms with E-state index in [0.29, 0.717) is 23.4 Å². The molecule has 0 radical (unpaired) electrons. The third kappa shape index (κ3) is 6.35. The molecule has 3 aromatic carbocycles. The van der Waals surface area contributed by atoms with Crippen LogP contribution in [0, 0.1) is 0 Å². The topological polar surface area (TPSA) is 64.6 Å². The van der Waals surface area contributed by atoms with Gasteiger partial charge in [-0.15, -0.1) is 11.8 Å². The molecule has 0 spiro atoms. The zero-order chi connectivity index (χ0) is 25.5. The van der Waals surface area contributed by atoms with Crippen molar-refractivity contribution in [3.05, 3.63) is 82.9 Å². The van der Waals surface area contributed by atoms with Crippen molar-refractivity contribution in [3.63, 3.8) is 0 Å². The van der Waals surface area contributed by atoms with Gasteiger partial charge in [-0.3, -0.25) is 14.9 Å². The lowest BCUT2D eigenvalue weighted by atomic mass is 10.1. The quantitative estimate of drug-likeness (QED) is 0.196. The maximum Gasteiger partial charge on any atom is 0.289 e. The van der Waals surface area contributed by atoms with E-state index < -0.39 is 16.1 Å². The summed E-state index contributed by atoms with van der Waals surface area (Å²) in [5.74, 6) is 2.18. The predicted octanol–water partition coefficient (Wildman–Crippen LogP) is 7.75. The van der Waals surface area contributed by atoms with E-state index >= 15 is 0 Å². The summed E-state index contributed by atoms with van der Waals surface area (Å²) in [4.78, 5) is 24.0. The number of thioether (sulfide) groups is 2. The molecule has 0 bridgehead atoms. The van der Waals surface area contributed by atoms with Gasteiger partial charge in [0.15, 0.2) is 0 Å². The van der Waals surface area contributed by atoms with Crippen molar-refractivity contribution in [1.82, 2.24) is 5.32 Å². The van der Waals surface area contributed by atoms with Crippen LogP contribution >= 0.6 is 35.1 Å². The van der Waals surface area contributed by atoms with Gasteiger partial charge in [0.1, 0.15) is 17.2 Å². The highest BCUT2D eigenvalue weighted by atomic mass is 35.5. The van der Waals surface area contributed by atoms with Gasteiger partial charge in [-0.25, -0.2) is 4.39 Å². The number of carbonyl (C=O) groups is 2. The maximum absolute atomic E-state index is 15.0. The standard InChI is InChI=1S/C27H25ClFNO4S2/c1-2-7-18-16-21(34-20-8-4-3-5-9-20)11-12-23(18)33-14-6-15-35-24-13-10-19(17-22(24)28)27(29)25(31)30-26(32)36-27/h3-5,8-13,16-17H,2,6-7,14-15H2,1H3,(H,30,31,32). The summed E-state index contributed by atoms with van der Waals surface area (Å²) in [5.41, 5.74) is 1.15. The number of aryl methyl sites for hydroxylation is 1. The third-order valence-electron chi connectivity index (χ3n) is 5.38. The molecule has 1 heterocycles. The summed E-state index contributed by atoms with van der Waals surface area (Å²) in [7, 11) is 0. The monoisotopic (exact) mass is 545 g/mol. The van der Waals surface area contributed by atoms with E-state index in [0.717, 1.165) is 52.7 Å².